The zero-order chi connectivity index (χ0) is 12.3. The molecule has 5 nitrogen and oxygen atoms in total. The van der Waals surface area contributed by atoms with Crippen molar-refractivity contribution in [1.82, 2.24) is 9.97 Å². The largest absolute Gasteiger partial charge is 0.474 e. The number of nitrogens with one attached hydrogen (secondary N) is 1. The van der Waals surface area contributed by atoms with Crippen LogP contribution in [0.1, 0.15) is 38.2 Å². The lowest BCUT2D eigenvalue weighted by Gasteiger charge is -2.27. The van der Waals surface area contributed by atoms with Crippen LogP contribution in [0.2, 0.25) is 0 Å². The summed E-state index contributed by atoms with van der Waals surface area (Å²) in [7, 11) is 0. The van der Waals surface area contributed by atoms with Crippen molar-refractivity contribution in [2.45, 2.75) is 45.6 Å². The van der Waals surface area contributed by atoms with E-state index in [1.165, 1.54) is 12.8 Å². The Morgan fingerprint density at radius 2 is 2.29 bits per heavy atom. The number of hydrogen-bond donors (Lipinski definition) is 2. The van der Waals surface area contributed by atoms with Gasteiger partial charge in [0.25, 0.3) is 0 Å². The molecule has 1 saturated carbocycles. The third kappa shape index (κ3) is 3.06. The Kier molecular flexibility index (Phi) is 3.78. The molecule has 94 valence electrons. The Morgan fingerprint density at radius 3 is 3.00 bits per heavy atom. The molecule has 1 aliphatic carbocycles. The number of rotatable bonds is 3. The maximum Gasteiger partial charge on any atom is 0.240 e. The van der Waals surface area contributed by atoms with Crippen LogP contribution in [0.4, 0.5) is 5.95 Å². The molecule has 2 unspecified atom stereocenters. The number of ether oxygens (including phenoxy) is 1. The lowest BCUT2D eigenvalue weighted by molar-refractivity contribution is 0.123. The van der Waals surface area contributed by atoms with Crippen LogP contribution >= 0.6 is 0 Å². The molecule has 0 saturated heterocycles. The normalized spacial score (nSPS) is 24.4. The number of hydrogen-bond acceptors (Lipinski definition) is 5. The maximum atomic E-state index is 5.95. The molecule has 0 amide bonds. The Hall–Kier alpha value is -1.36. The Balaban J connectivity index is 2.06. The van der Waals surface area contributed by atoms with Crippen LogP contribution in [0.5, 0.6) is 5.88 Å². The van der Waals surface area contributed by atoms with E-state index in [0.29, 0.717) is 11.8 Å². The molecular weight excluding hydrogens is 216 g/mol. The highest BCUT2D eigenvalue weighted by Gasteiger charge is 2.21. The summed E-state index contributed by atoms with van der Waals surface area (Å²) < 4.78 is 5.95. The highest BCUT2D eigenvalue weighted by molar-refractivity contribution is 5.31. The molecule has 1 fully saturated rings. The van der Waals surface area contributed by atoms with Gasteiger partial charge >= 0.3 is 0 Å². The van der Waals surface area contributed by atoms with Gasteiger partial charge in [-0.05, 0) is 32.1 Å². The summed E-state index contributed by atoms with van der Waals surface area (Å²) in [6, 6.07) is 0. The second-order valence-corrected chi connectivity index (χ2v) is 4.84. The summed E-state index contributed by atoms with van der Waals surface area (Å²) in [5.41, 5.74) is 3.38. The zero-order valence-electron chi connectivity index (χ0n) is 10.4. The van der Waals surface area contributed by atoms with Crippen LogP contribution < -0.4 is 16.0 Å². The average molecular weight is 236 g/mol. The van der Waals surface area contributed by atoms with Gasteiger partial charge in [-0.25, -0.2) is 10.8 Å². The first-order valence-electron chi connectivity index (χ1n) is 6.16. The molecule has 1 heterocycles. The molecule has 2 rings (SSSR count). The van der Waals surface area contributed by atoms with Gasteiger partial charge in [-0.3, -0.25) is 5.43 Å². The third-order valence-electron chi connectivity index (χ3n) is 3.22. The van der Waals surface area contributed by atoms with Gasteiger partial charge in [-0.1, -0.05) is 13.3 Å². The molecule has 2 atom stereocenters. The van der Waals surface area contributed by atoms with Crippen molar-refractivity contribution >= 4 is 5.95 Å². The van der Waals surface area contributed by atoms with Gasteiger partial charge in [0.1, 0.15) is 6.10 Å². The van der Waals surface area contributed by atoms with E-state index in [1.54, 1.807) is 6.20 Å². The lowest BCUT2D eigenvalue weighted by Crippen LogP contribution is -2.25. The van der Waals surface area contributed by atoms with E-state index in [2.05, 4.69) is 22.3 Å². The van der Waals surface area contributed by atoms with E-state index >= 15 is 0 Å². The second kappa shape index (κ2) is 5.31. The van der Waals surface area contributed by atoms with E-state index < -0.39 is 0 Å². The van der Waals surface area contributed by atoms with E-state index in [1.807, 2.05) is 6.92 Å². The number of aryl methyl sites for hydroxylation is 1. The van der Waals surface area contributed by atoms with E-state index in [4.69, 9.17) is 10.6 Å². The second-order valence-electron chi connectivity index (χ2n) is 4.84. The molecule has 1 aromatic heterocycles. The summed E-state index contributed by atoms with van der Waals surface area (Å²) in [5.74, 6) is 7.08. The monoisotopic (exact) mass is 236 g/mol. The molecule has 3 N–H and O–H groups in total. The Labute approximate surface area is 102 Å². The number of hydrazine groups is 1. The van der Waals surface area contributed by atoms with Crippen molar-refractivity contribution < 1.29 is 4.74 Å². The fourth-order valence-electron chi connectivity index (χ4n) is 2.26. The number of anilines is 1. The third-order valence-corrected chi connectivity index (χ3v) is 3.22. The molecule has 1 aliphatic rings. The van der Waals surface area contributed by atoms with Crippen LogP contribution in [-0.2, 0) is 0 Å². The molecular formula is C12H20N4O. The summed E-state index contributed by atoms with van der Waals surface area (Å²) in [4.78, 5) is 8.28. The summed E-state index contributed by atoms with van der Waals surface area (Å²) in [6.45, 7) is 4.22. The Morgan fingerprint density at radius 1 is 1.47 bits per heavy atom. The maximum absolute atomic E-state index is 5.95. The fourth-order valence-corrected chi connectivity index (χ4v) is 2.26. The van der Waals surface area contributed by atoms with Crippen molar-refractivity contribution in [3.8, 4) is 5.88 Å². The average Bonchev–Trinajstić information content (AvgIpc) is 2.32. The first-order chi connectivity index (χ1) is 8.19. The highest BCUT2D eigenvalue weighted by Crippen LogP contribution is 2.27. The summed E-state index contributed by atoms with van der Waals surface area (Å²) in [6.07, 6.45) is 6.76. The predicted octanol–water partition coefficient (Wildman–Crippen LogP) is 2.03. The lowest BCUT2D eigenvalue weighted by atomic mass is 9.89. The van der Waals surface area contributed by atoms with Gasteiger partial charge in [0, 0.05) is 11.8 Å². The van der Waals surface area contributed by atoms with E-state index in [0.717, 1.165) is 24.3 Å². The standard InChI is InChI=1S/C12H20N4O/c1-8-4-3-5-10(6-8)17-11-9(2)7-14-12(15-11)16-13/h7-8,10H,3-6,13H2,1-2H3,(H,14,15,16). The van der Waals surface area contributed by atoms with Crippen LogP contribution in [0.3, 0.4) is 0 Å². The molecule has 0 spiro atoms. The summed E-state index contributed by atoms with van der Waals surface area (Å²) in [5, 5.41) is 0. The molecule has 0 bridgehead atoms. The minimum absolute atomic E-state index is 0.276. The molecule has 0 aromatic carbocycles. The van der Waals surface area contributed by atoms with Gasteiger partial charge in [0.2, 0.25) is 11.8 Å². The van der Waals surface area contributed by atoms with Crippen LogP contribution in [0.25, 0.3) is 0 Å². The number of nitrogen functional groups attached to an aromatic ring is 1. The van der Waals surface area contributed by atoms with Crippen molar-refractivity contribution in [3.05, 3.63) is 11.8 Å². The predicted molar refractivity (Wildman–Crippen MR) is 66.6 cm³/mol. The van der Waals surface area contributed by atoms with Gasteiger partial charge in [-0.2, -0.15) is 4.98 Å². The smallest absolute Gasteiger partial charge is 0.240 e. The van der Waals surface area contributed by atoms with Crippen molar-refractivity contribution in [2.24, 2.45) is 11.8 Å². The van der Waals surface area contributed by atoms with Gasteiger partial charge in [-0.15, -0.1) is 0 Å². The first kappa shape index (κ1) is 12.1. The molecule has 17 heavy (non-hydrogen) atoms. The van der Waals surface area contributed by atoms with Crippen LogP contribution in [0, 0.1) is 12.8 Å². The van der Waals surface area contributed by atoms with Crippen molar-refractivity contribution in [2.75, 3.05) is 5.43 Å². The fraction of sp³-hybridized carbons (Fsp3) is 0.667. The molecule has 1 aromatic rings. The first-order valence-corrected chi connectivity index (χ1v) is 6.16. The van der Waals surface area contributed by atoms with Gasteiger partial charge in [0.05, 0.1) is 0 Å². The van der Waals surface area contributed by atoms with Crippen LogP contribution in [0.15, 0.2) is 6.20 Å². The molecule has 0 aliphatic heterocycles. The van der Waals surface area contributed by atoms with Gasteiger partial charge < -0.3 is 4.74 Å². The highest BCUT2D eigenvalue weighted by atomic mass is 16.5. The topological polar surface area (TPSA) is 73.1 Å². The quantitative estimate of drug-likeness (QED) is 0.620. The summed E-state index contributed by atoms with van der Waals surface area (Å²) >= 11 is 0. The van der Waals surface area contributed by atoms with Crippen molar-refractivity contribution in [3.63, 3.8) is 0 Å². The number of aromatic nitrogens is 2. The minimum atomic E-state index is 0.276. The molecule has 5 heteroatoms. The van der Waals surface area contributed by atoms with Crippen LogP contribution in [-0.4, -0.2) is 16.1 Å². The van der Waals surface area contributed by atoms with E-state index in [9.17, 15) is 0 Å². The number of nitrogens with zero attached hydrogens (tertiary/aromatic N) is 2. The number of nitrogens with two attached hydrogens (primary N) is 1. The SMILES string of the molecule is Cc1cnc(NN)nc1OC1CCCC(C)C1. The van der Waals surface area contributed by atoms with E-state index in [-0.39, 0.29) is 6.10 Å². The minimum Gasteiger partial charge on any atom is -0.474 e. The van der Waals surface area contributed by atoms with Crippen molar-refractivity contribution in [1.29, 1.82) is 0 Å². The van der Waals surface area contributed by atoms with Gasteiger partial charge in [0.15, 0.2) is 0 Å². The zero-order valence-corrected chi connectivity index (χ0v) is 10.4. The Bertz CT molecular complexity index is 383. The molecule has 0 radical (unpaired) electrons.